The molecule has 1 saturated carbocycles. The van der Waals surface area contributed by atoms with Gasteiger partial charge in [0.2, 0.25) is 5.95 Å². The maximum Gasteiger partial charge on any atom is 0.387 e. The van der Waals surface area contributed by atoms with Gasteiger partial charge in [-0.15, -0.1) is 0 Å². The molecule has 0 amide bonds. The van der Waals surface area contributed by atoms with E-state index in [9.17, 15) is 8.78 Å². The van der Waals surface area contributed by atoms with Gasteiger partial charge in [-0.1, -0.05) is 18.0 Å². The molecule has 6 nitrogen and oxygen atoms in total. The molecule has 3 heterocycles. The van der Waals surface area contributed by atoms with Crippen LogP contribution in [0.15, 0.2) is 30.5 Å². The fourth-order valence-electron chi connectivity index (χ4n) is 5.26. The smallest absolute Gasteiger partial charge is 0.387 e. The summed E-state index contributed by atoms with van der Waals surface area (Å²) in [6.45, 7) is 0.881. The highest BCUT2D eigenvalue weighted by molar-refractivity contribution is 6.33. The van der Waals surface area contributed by atoms with Crippen LogP contribution in [0.3, 0.4) is 0 Å². The minimum Gasteiger partial charge on any atom is -0.435 e. The van der Waals surface area contributed by atoms with Crippen molar-refractivity contribution < 1.29 is 13.5 Å². The maximum absolute atomic E-state index is 12.5. The monoisotopic (exact) mass is 461 g/mol. The molecule has 1 aromatic carbocycles. The first-order valence-electron chi connectivity index (χ1n) is 11.0. The number of nitrogens with zero attached hydrogens (tertiary/aromatic N) is 4. The molecule has 0 bridgehead atoms. The van der Waals surface area contributed by atoms with E-state index in [1.165, 1.54) is 25.0 Å². The summed E-state index contributed by atoms with van der Waals surface area (Å²) in [5.74, 6) is 0.872. The standard InChI is InChI=1S/C23H26ClF2N5O/c1-14-11-20-29-18(16-5-4-15(12-17(16)24)32-21(25)26)13-31(20)22(28-14)30-9-7-23(8-10-30)6-2-3-19(23)27/h4-5,11-13,19,21H,2-3,6-10,27H2,1H3. The Balaban J connectivity index is 1.46. The van der Waals surface area contributed by atoms with Gasteiger partial charge in [-0.05, 0) is 56.2 Å². The Bertz CT molecular complexity index is 1140. The van der Waals surface area contributed by atoms with E-state index in [1.807, 2.05) is 23.6 Å². The molecule has 2 aromatic heterocycles. The molecule has 1 unspecified atom stereocenters. The lowest BCUT2D eigenvalue weighted by atomic mass is 9.74. The number of hydrogen-bond acceptors (Lipinski definition) is 5. The summed E-state index contributed by atoms with van der Waals surface area (Å²) in [4.78, 5) is 11.9. The molecule has 1 saturated heterocycles. The zero-order chi connectivity index (χ0) is 22.5. The van der Waals surface area contributed by atoms with Gasteiger partial charge >= 0.3 is 6.61 Å². The highest BCUT2D eigenvalue weighted by Gasteiger charge is 2.43. The van der Waals surface area contributed by atoms with Crippen molar-refractivity contribution in [3.63, 3.8) is 0 Å². The van der Waals surface area contributed by atoms with Gasteiger partial charge in [0.25, 0.3) is 0 Å². The van der Waals surface area contributed by atoms with Crippen molar-refractivity contribution >= 4 is 23.2 Å². The summed E-state index contributed by atoms with van der Waals surface area (Å²) in [6.07, 6.45) is 7.62. The number of aryl methyl sites for hydroxylation is 1. The van der Waals surface area contributed by atoms with Gasteiger partial charge in [-0.2, -0.15) is 8.78 Å². The third kappa shape index (κ3) is 3.79. The first kappa shape index (κ1) is 21.4. The number of aromatic nitrogens is 3. The normalized spacial score (nSPS) is 20.6. The van der Waals surface area contributed by atoms with Crippen molar-refractivity contribution in [2.24, 2.45) is 11.1 Å². The maximum atomic E-state index is 12.5. The molecule has 2 fully saturated rings. The van der Waals surface area contributed by atoms with Crippen LogP contribution in [0, 0.1) is 12.3 Å². The Morgan fingerprint density at radius 2 is 1.97 bits per heavy atom. The second kappa shape index (κ2) is 8.15. The lowest BCUT2D eigenvalue weighted by Crippen LogP contribution is -2.47. The summed E-state index contributed by atoms with van der Waals surface area (Å²) in [5.41, 5.74) is 9.67. The van der Waals surface area contributed by atoms with Gasteiger partial charge in [-0.25, -0.2) is 9.97 Å². The molecule has 1 atom stereocenters. The molecule has 170 valence electrons. The molecule has 0 radical (unpaired) electrons. The first-order valence-corrected chi connectivity index (χ1v) is 11.3. The van der Waals surface area contributed by atoms with E-state index in [2.05, 4.69) is 9.64 Å². The average molecular weight is 462 g/mol. The predicted molar refractivity (Wildman–Crippen MR) is 121 cm³/mol. The Morgan fingerprint density at radius 3 is 2.62 bits per heavy atom. The highest BCUT2D eigenvalue weighted by Crippen LogP contribution is 2.46. The molecular formula is C23H26ClF2N5O. The first-order chi connectivity index (χ1) is 15.3. The predicted octanol–water partition coefficient (Wildman–Crippen LogP) is 5.06. The molecule has 1 aliphatic carbocycles. The molecule has 5 rings (SSSR count). The van der Waals surface area contributed by atoms with E-state index in [-0.39, 0.29) is 11.2 Å². The zero-order valence-electron chi connectivity index (χ0n) is 17.9. The van der Waals surface area contributed by atoms with Crippen LogP contribution >= 0.6 is 11.6 Å². The van der Waals surface area contributed by atoms with Crippen molar-refractivity contribution in [2.45, 2.75) is 51.7 Å². The summed E-state index contributed by atoms with van der Waals surface area (Å²) in [5, 5.41) is 0.299. The molecular weight excluding hydrogens is 436 g/mol. The van der Waals surface area contributed by atoms with Crippen LogP contribution in [-0.2, 0) is 0 Å². The van der Waals surface area contributed by atoms with E-state index in [4.69, 9.17) is 27.3 Å². The van der Waals surface area contributed by atoms with Crippen LogP contribution < -0.4 is 15.4 Å². The van der Waals surface area contributed by atoms with Gasteiger partial charge in [0.05, 0.1) is 10.7 Å². The molecule has 32 heavy (non-hydrogen) atoms. The van der Waals surface area contributed by atoms with Crippen molar-refractivity contribution in [3.05, 3.63) is 41.2 Å². The Labute approximate surface area is 190 Å². The Kier molecular flexibility index (Phi) is 5.45. The van der Waals surface area contributed by atoms with E-state index < -0.39 is 6.61 Å². The number of alkyl halides is 2. The van der Waals surface area contributed by atoms with Gasteiger partial charge < -0.3 is 15.4 Å². The van der Waals surface area contributed by atoms with E-state index in [0.29, 0.717) is 22.3 Å². The van der Waals surface area contributed by atoms with Gasteiger partial charge in [0.15, 0.2) is 0 Å². The number of hydrogen-bond donors (Lipinski definition) is 1. The van der Waals surface area contributed by atoms with Crippen LogP contribution in [0.2, 0.25) is 5.02 Å². The summed E-state index contributed by atoms with van der Waals surface area (Å²) >= 11 is 6.37. The Morgan fingerprint density at radius 1 is 1.19 bits per heavy atom. The highest BCUT2D eigenvalue weighted by atomic mass is 35.5. The fourth-order valence-corrected chi connectivity index (χ4v) is 5.53. The molecule has 1 spiro atoms. The third-order valence-corrected chi connectivity index (χ3v) is 7.34. The third-order valence-electron chi connectivity index (χ3n) is 7.02. The van der Waals surface area contributed by atoms with Crippen LogP contribution in [0.4, 0.5) is 14.7 Å². The van der Waals surface area contributed by atoms with Crippen molar-refractivity contribution in [1.82, 2.24) is 14.4 Å². The molecule has 2 N–H and O–H groups in total. The molecule has 2 aliphatic rings. The van der Waals surface area contributed by atoms with E-state index >= 15 is 0 Å². The van der Waals surface area contributed by atoms with Crippen molar-refractivity contribution in [3.8, 4) is 17.0 Å². The number of anilines is 1. The quantitative estimate of drug-likeness (QED) is 0.588. The summed E-state index contributed by atoms with van der Waals surface area (Å²) in [6, 6.07) is 6.72. The minimum atomic E-state index is -2.90. The summed E-state index contributed by atoms with van der Waals surface area (Å²) < 4.78 is 31.4. The summed E-state index contributed by atoms with van der Waals surface area (Å²) in [7, 11) is 0. The number of rotatable bonds is 4. The SMILES string of the molecule is Cc1cc2nc(-c3ccc(OC(F)F)cc3Cl)cn2c(N2CCC3(CCCC3N)CC2)n1. The lowest BCUT2D eigenvalue weighted by Gasteiger charge is -2.42. The van der Waals surface area contributed by atoms with Crippen LogP contribution in [0.25, 0.3) is 16.9 Å². The van der Waals surface area contributed by atoms with E-state index in [1.54, 1.807) is 6.07 Å². The number of fused-ring (bicyclic) bond motifs is 1. The average Bonchev–Trinajstić information content (AvgIpc) is 3.31. The fraction of sp³-hybridized carbons (Fsp3) is 0.478. The number of ether oxygens (including phenoxy) is 1. The molecule has 9 heteroatoms. The van der Waals surface area contributed by atoms with Gasteiger partial charge in [0, 0.05) is 42.7 Å². The van der Waals surface area contributed by atoms with Crippen LogP contribution in [-0.4, -0.2) is 40.1 Å². The lowest BCUT2D eigenvalue weighted by molar-refractivity contribution is -0.0498. The van der Waals surface area contributed by atoms with Gasteiger partial charge in [0.1, 0.15) is 11.4 Å². The van der Waals surface area contributed by atoms with Crippen molar-refractivity contribution in [2.75, 3.05) is 18.0 Å². The zero-order valence-corrected chi connectivity index (χ0v) is 18.7. The number of halogens is 3. The second-order valence-corrected chi connectivity index (χ2v) is 9.33. The van der Waals surface area contributed by atoms with Crippen LogP contribution in [0.5, 0.6) is 5.75 Å². The molecule has 3 aromatic rings. The number of benzene rings is 1. The minimum absolute atomic E-state index is 0.0167. The van der Waals surface area contributed by atoms with Crippen molar-refractivity contribution in [1.29, 1.82) is 0 Å². The van der Waals surface area contributed by atoms with E-state index in [0.717, 1.165) is 49.6 Å². The number of nitrogens with two attached hydrogens (primary N) is 1. The number of piperidine rings is 1. The topological polar surface area (TPSA) is 68.7 Å². The van der Waals surface area contributed by atoms with Crippen LogP contribution in [0.1, 0.15) is 37.8 Å². The largest absolute Gasteiger partial charge is 0.435 e. The molecule has 1 aliphatic heterocycles. The Hall–Kier alpha value is -2.45. The van der Waals surface area contributed by atoms with Gasteiger partial charge in [-0.3, -0.25) is 4.40 Å². The second-order valence-electron chi connectivity index (χ2n) is 8.92. The number of imidazole rings is 1.